The predicted molar refractivity (Wildman–Crippen MR) is 109 cm³/mol. The molecule has 0 spiro atoms. The molecule has 0 unspecified atom stereocenters. The second-order valence-corrected chi connectivity index (χ2v) is 7.28. The van der Waals surface area contributed by atoms with Crippen LogP contribution in [0.25, 0.3) is 0 Å². The van der Waals surface area contributed by atoms with Crippen molar-refractivity contribution in [3.63, 3.8) is 0 Å². The molecule has 8 heteroatoms. The van der Waals surface area contributed by atoms with Gasteiger partial charge < -0.3 is 20.3 Å². The molecule has 0 radical (unpaired) electrons. The Hall–Kier alpha value is -1.08. The average Bonchev–Trinajstić information content (AvgIpc) is 2.65. The Labute approximate surface area is 175 Å². The van der Waals surface area contributed by atoms with Crippen molar-refractivity contribution < 1.29 is 14.6 Å². The van der Waals surface area contributed by atoms with Crippen LogP contribution in [0.4, 0.5) is 0 Å². The van der Waals surface area contributed by atoms with Gasteiger partial charge in [-0.2, -0.15) is 0 Å². The summed E-state index contributed by atoms with van der Waals surface area (Å²) in [6, 6.07) is 6.29. The van der Waals surface area contributed by atoms with E-state index in [2.05, 4.69) is 4.98 Å². The van der Waals surface area contributed by atoms with E-state index in [1.807, 2.05) is 13.0 Å². The third kappa shape index (κ3) is 5.47. The molecule has 2 heterocycles. The van der Waals surface area contributed by atoms with Crippen molar-refractivity contribution in [2.24, 2.45) is 5.73 Å². The van der Waals surface area contributed by atoms with Crippen LogP contribution in [0, 0.1) is 6.92 Å². The van der Waals surface area contributed by atoms with Gasteiger partial charge in [-0.05, 0) is 30.7 Å². The molecule has 27 heavy (non-hydrogen) atoms. The van der Waals surface area contributed by atoms with E-state index in [1.54, 1.807) is 24.4 Å². The fraction of sp³-hybridized carbons (Fsp3) is 0.421. The molecule has 1 aromatic carbocycles. The first-order valence-corrected chi connectivity index (χ1v) is 9.31. The maximum Gasteiger partial charge on any atom is 0.216 e. The van der Waals surface area contributed by atoms with Gasteiger partial charge in [0, 0.05) is 30.2 Å². The summed E-state index contributed by atoms with van der Waals surface area (Å²) in [7, 11) is 0. The molecule has 0 amide bonds. The van der Waals surface area contributed by atoms with Crippen LogP contribution in [0.15, 0.2) is 30.5 Å². The second kappa shape index (κ2) is 9.92. The smallest absolute Gasteiger partial charge is 0.216 e. The quantitative estimate of drug-likeness (QED) is 0.730. The first-order valence-electron chi connectivity index (χ1n) is 8.55. The molecule has 2 atom stereocenters. The average molecular weight is 434 g/mol. The molecule has 3 N–H and O–H groups in total. The molecule has 1 saturated heterocycles. The number of aromatic nitrogens is 1. The van der Waals surface area contributed by atoms with Crippen LogP contribution in [0.2, 0.25) is 10.0 Å². The molecule has 1 fully saturated rings. The van der Waals surface area contributed by atoms with E-state index in [0.717, 1.165) is 18.4 Å². The molecular formula is C19H23Cl3N2O3. The number of aliphatic hydroxyl groups is 1. The number of hydrogen-bond donors (Lipinski definition) is 2. The Morgan fingerprint density at radius 3 is 2.52 bits per heavy atom. The summed E-state index contributed by atoms with van der Waals surface area (Å²) in [5.41, 5.74) is 8.38. The van der Waals surface area contributed by atoms with Gasteiger partial charge in [0.1, 0.15) is 6.10 Å². The number of benzene rings is 1. The lowest BCUT2D eigenvalue weighted by atomic mass is 9.97. The van der Waals surface area contributed by atoms with Crippen molar-refractivity contribution in [3.8, 4) is 5.88 Å². The van der Waals surface area contributed by atoms with E-state index in [4.69, 9.17) is 38.4 Å². The topological polar surface area (TPSA) is 77.6 Å². The Morgan fingerprint density at radius 1 is 1.19 bits per heavy atom. The highest BCUT2D eigenvalue weighted by Crippen LogP contribution is 2.32. The Kier molecular flexibility index (Phi) is 8.16. The van der Waals surface area contributed by atoms with Gasteiger partial charge in [0.15, 0.2) is 0 Å². The van der Waals surface area contributed by atoms with E-state index in [9.17, 15) is 5.11 Å². The summed E-state index contributed by atoms with van der Waals surface area (Å²) >= 11 is 12.0. The molecule has 148 valence electrons. The van der Waals surface area contributed by atoms with Crippen molar-refractivity contribution in [2.45, 2.75) is 38.0 Å². The Morgan fingerprint density at radius 2 is 1.89 bits per heavy atom. The molecule has 3 rings (SSSR count). The van der Waals surface area contributed by atoms with Crippen LogP contribution in [0.1, 0.15) is 41.7 Å². The molecule has 0 bridgehead atoms. The SMILES string of the molecule is Cc1cc([C@@H](O)[C@@H](N)c2ccc(Cl)c(Cl)c2)cnc1OC1CCOCC1.Cl. The Balaban J connectivity index is 0.00000261. The van der Waals surface area contributed by atoms with Crippen molar-refractivity contribution >= 4 is 35.6 Å². The van der Waals surface area contributed by atoms with Gasteiger partial charge in [0.05, 0.1) is 35.4 Å². The van der Waals surface area contributed by atoms with Gasteiger partial charge in [0.25, 0.3) is 0 Å². The maximum atomic E-state index is 10.6. The normalized spacial score (nSPS) is 17.1. The van der Waals surface area contributed by atoms with E-state index < -0.39 is 12.1 Å². The Bertz CT molecular complexity index is 770. The van der Waals surface area contributed by atoms with Crippen molar-refractivity contribution in [3.05, 3.63) is 57.2 Å². The highest BCUT2D eigenvalue weighted by atomic mass is 35.5. The van der Waals surface area contributed by atoms with E-state index in [1.165, 1.54) is 0 Å². The summed E-state index contributed by atoms with van der Waals surface area (Å²) in [5, 5.41) is 11.5. The van der Waals surface area contributed by atoms with Gasteiger partial charge in [-0.3, -0.25) is 0 Å². The highest BCUT2D eigenvalue weighted by Gasteiger charge is 2.22. The molecule has 5 nitrogen and oxygen atoms in total. The van der Waals surface area contributed by atoms with Crippen LogP contribution in [-0.2, 0) is 4.74 Å². The monoisotopic (exact) mass is 432 g/mol. The van der Waals surface area contributed by atoms with E-state index in [0.29, 0.717) is 40.3 Å². The zero-order valence-corrected chi connectivity index (χ0v) is 17.2. The van der Waals surface area contributed by atoms with Gasteiger partial charge >= 0.3 is 0 Å². The van der Waals surface area contributed by atoms with Crippen LogP contribution in [0.5, 0.6) is 5.88 Å². The fourth-order valence-corrected chi connectivity index (χ4v) is 3.24. The minimum Gasteiger partial charge on any atom is -0.474 e. The second-order valence-electron chi connectivity index (χ2n) is 6.46. The lowest BCUT2D eigenvalue weighted by molar-refractivity contribution is 0.0234. The van der Waals surface area contributed by atoms with E-state index >= 15 is 0 Å². The number of ether oxygens (including phenoxy) is 2. The molecule has 1 aromatic heterocycles. The number of halogens is 3. The third-order valence-electron chi connectivity index (χ3n) is 4.51. The summed E-state index contributed by atoms with van der Waals surface area (Å²) in [6.45, 7) is 3.32. The summed E-state index contributed by atoms with van der Waals surface area (Å²) in [4.78, 5) is 4.38. The minimum absolute atomic E-state index is 0. The van der Waals surface area contributed by atoms with Crippen LogP contribution < -0.4 is 10.5 Å². The van der Waals surface area contributed by atoms with E-state index in [-0.39, 0.29) is 18.5 Å². The van der Waals surface area contributed by atoms with Crippen LogP contribution >= 0.6 is 35.6 Å². The fourth-order valence-electron chi connectivity index (χ4n) is 2.93. The van der Waals surface area contributed by atoms with Crippen molar-refractivity contribution in [1.29, 1.82) is 0 Å². The zero-order chi connectivity index (χ0) is 18.7. The molecule has 0 aliphatic carbocycles. The lowest BCUT2D eigenvalue weighted by Gasteiger charge is -2.24. The van der Waals surface area contributed by atoms with Crippen molar-refractivity contribution in [1.82, 2.24) is 4.98 Å². The molecule has 1 aliphatic rings. The predicted octanol–water partition coefficient (Wildman–Crippen LogP) is 4.41. The molecular weight excluding hydrogens is 411 g/mol. The summed E-state index contributed by atoms with van der Waals surface area (Å²) in [6.07, 6.45) is 2.50. The van der Waals surface area contributed by atoms with Crippen LogP contribution in [-0.4, -0.2) is 29.4 Å². The van der Waals surface area contributed by atoms with Gasteiger partial charge in [0.2, 0.25) is 5.88 Å². The molecule has 0 saturated carbocycles. The first kappa shape index (κ1) is 22.2. The van der Waals surface area contributed by atoms with Gasteiger partial charge in [-0.15, -0.1) is 12.4 Å². The number of aliphatic hydroxyl groups excluding tert-OH is 1. The number of rotatable bonds is 5. The number of hydrogen-bond acceptors (Lipinski definition) is 5. The van der Waals surface area contributed by atoms with Crippen LogP contribution in [0.3, 0.4) is 0 Å². The largest absolute Gasteiger partial charge is 0.474 e. The molecule has 2 aromatic rings. The highest BCUT2D eigenvalue weighted by molar-refractivity contribution is 6.42. The standard InChI is InChI=1S/C19H22Cl2N2O3.ClH/c1-11-8-13(10-23-19(11)26-14-4-6-25-7-5-14)18(24)17(22)12-2-3-15(20)16(21)9-12;/h2-3,8-10,14,17-18,24H,4-7,22H2,1H3;1H/t17-,18+;/m0./s1. The minimum atomic E-state index is -0.921. The third-order valence-corrected chi connectivity index (χ3v) is 5.25. The molecule has 1 aliphatic heterocycles. The number of nitrogens with two attached hydrogens (primary N) is 1. The van der Waals surface area contributed by atoms with Gasteiger partial charge in [-0.25, -0.2) is 4.98 Å². The lowest BCUT2D eigenvalue weighted by Crippen LogP contribution is -2.26. The van der Waals surface area contributed by atoms with Crippen molar-refractivity contribution in [2.75, 3.05) is 13.2 Å². The number of nitrogens with zero attached hydrogens (tertiary/aromatic N) is 1. The zero-order valence-electron chi connectivity index (χ0n) is 14.9. The number of pyridine rings is 1. The maximum absolute atomic E-state index is 10.6. The summed E-state index contributed by atoms with van der Waals surface area (Å²) < 4.78 is 11.3. The first-order chi connectivity index (χ1) is 12.5. The number of aryl methyl sites for hydroxylation is 1. The summed E-state index contributed by atoms with van der Waals surface area (Å²) in [5.74, 6) is 0.580. The van der Waals surface area contributed by atoms with Gasteiger partial charge in [-0.1, -0.05) is 29.3 Å².